The number of likely N-dealkylation sites (tertiary alicyclic amines) is 1. The molecule has 1 heterocycles. The Morgan fingerprint density at radius 2 is 2.00 bits per heavy atom. The maximum Gasteiger partial charge on any atom is 0.255 e. The Bertz CT molecular complexity index is 490. The Hall–Kier alpha value is -1.36. The summed E-state index contributed by atoms with van der Waals surface area (Å²) in [4.78, 5) is 25.3. The highest BCUT2D eigenvalue weighted by molar-refractivity contribution is 9.10. The molecule has 1 aliphatic heterocycles. The van der Waals surface area contributed by atoms with Gasteiger partial charge in [-0.05, 0) is 34.0 Å². The minimum absolute atomic E-state index is 0.0573. The van der Waals surface area contributed by atoms with Gasteiger partial charge in [0.25, 0.3) is 5.91 Å². The third kappa shape index (κ3) is 2.41. The molecule has 0 aromatic heterocycles. The van der Waals surface area contributed by atoms with Gasteiger partial charge in [-0.1, -0.05) is 19.1 Å². The lowest BCUT2D eigenvalue weighted by molar-refractivity contribution is -0.122. The van der Waals surface area contributed by atoms with Crippen LogP contribution in [0.3, 0.4) is 0 Å². The quantitative estimate of drug-likeness (QED) is 0.902. The fraction of sp³-hybridized carbons (Fsp3) is 0.385. The molecule has 96 valence electrons. The number of benzene rings is 1. The van der Waals surface area contributed by atoms with E-state index in [9.17, 15) is 9.59 Å². The van der Waals surface area contributed by atoms with Crippen molar-refractivity contribution in [2.45, 2.75) is 6.92 Å². The molecule has 0 aliphatic carbocycles. The standard InChI is InChI=1S/C13H15BrN2O2/c1-8-6-16(7-10(8)12(15)17)13(18)9-4-2-3-5-11(9)14/h2-5,8,10H,6-7H2,1H3,(H2,15,17)/t8-,10-/m1/s1. The van der Waals surface area contributed by atoms with Crippen molar-refractivity contribution in [1.82, 2.24) is 4.90 Å². The SMILES string of the molecule is C[C@@H]1CN(C(=O)c2ccccc2Br)C[C@H]1C(N)=O. The van der Waals surface area contributed by atoms with Crippen LogP contribution in [0, 0.1) is 11.8 Å². The smallest absolute Gasteiger partial charge is 0.255 e. The summed E-state index contributed by atoms with van der Waals surface area (Å²) in [6.45, 7) is 2.94. The molecule has 1 aromatic rings. The Morgan fingerprint density at radius 1 is 1.33 bits per heavy atom. The molecule has 0 spiro atoms. The van der Waals surface area contributed by atoms with E-state index in [1.54, 1.807) is 11.0 Å². The summed E-state index contributed by atoms with van der Waals surface area (Å²) in [5.41, 5.74) is 5.95. The predicted molar refractivity (Wildman–Crippen MR) is 71.9 cm³/mol. The summed E-state index contributed by atoms with van der Waals surface area (Å²) < 4.78 is 0.769. The van der Waals surface area contributed by atoms with E-state index < -0.39 is 0 Å². The lowest BCUT2D eigenvalue weighted by atomic mass is 9.98. The number of nitrogens with two attached hydrogens (primary N) is 1. The van der Waals surface area contributed by atoms with Crippen LogP contribution in [0.4, 0.5) is 0 Å². The van der Waals surface area contributed by atoms with Crippen molar-refractivity contribution >= 4 is 27.7 Å². The summed E-state index contributed by atoms with van der Waals surface area (Å²) in [7, 11) is 0. The number of hydrogen-bond donors (Lipinski definition) is 1. The van der Waals surface area contributed by atoms with Gasteiger partial charge in [-0.25, -0.2) is 0 Å². The fourth-order valence-corrected chi connectivity index (χ4v) is 2.76. The summed E-state index contributed by atoms with van der Waals surface area (Å²) in [6, 6.07) is 7.29. The van der Waals surface area contributed by atoms with Gasteiger partial charge in [0.2, 0.25) is 5.91 Å². The minimum atomic E-state index is -0.329. The van der Waals surface area contributed by atoms with Crippen LogP contribution in [-0.2, 0) is 4.79 Å². The van der Waals surface area contributed by atoms with Crippen molar-refractivity contribution in [2.24, 2.45) is 17.6 Å². The first-order valence-corrected chi connectivity index (χ1v) is 6.63. The van der Waals surface area contributed by atoms with Crippen LogP contribution in [0.15, 0.2) is 28.7 Å². The molecule has 2 atom stereocenters. The van der Waals surface area contributed by atoms with Crippen LogP contribution < -0.4 is 5.73 Å². The van der Waals surface area contributed by atoms with Gasteiger partial charge in [-0.3, -0.25) is 9.59 Å². The van der Waals surface area contributed by atoms with E-state index in [4.69, 9.17) is 5.73 Å². The second-order valence-electron chi connectivity index (χ2n) is 4.68. The molecule has 0 unspecified atom stereocenters. The van der Waals surface area contributed by atoms with Crippen molar-refractivity contribution in [3.8, 4) is 0 Å². The monoisotopic (exact) mass is 310 g/mol. The molecular formula is C13H15BrN2O2. The van der Waals surface area contributed by atoms with Gasteiger partial charge in [-0.2, -0.15) is 0 Å². The zero-order chi connectivity index (χ0) is 13.3. The fourth-order valence-electron chi connectivity index (χ4n) is 2.31. The molecule has 2 rings (SSSR count). The van der Waals surface area contributed by atoms with E-state index in [1.165, 1.54) is 0 Å². The first-order chi connectivity index (χ1) is 8.50. The first-order valence-electron chi connectivity index (χ1n) is 5.84. The lowest BCUT2D eigenvalue weighted by Crippen LogP contribution is -2.32. The largest absolute Gasteiger partial charge is 0.369 e. The van der Waals surface area contributed by atoms with Crippen molar-refractivity contribution in [1.29, 1.82) is 0 Å². The van der Waals surface area contributed by atoms with Crippen LogP contribution >= 0.6 is 15.9 Å². The molecule has 2 N–H and O–H groups in total. The van der Waals surface area contributed by atoms with Crippen LogP contribution in [0.1, 0.15) is 17.3 Å². The van der Waals surface area contributed by atoms with E-state index in [0.29, 0.717) is 18.7 Å². The predicted octanol–water partition coefficient (Wildman–Crippen LogP) is 1.64. The molecule has 0 bridgehead atoms. The summed E-state index contributed by atoms with van der Waals surface area (Å²) >= 11 is 3.36. The second-order valence-corrected chi connectivity index (χ2v) is 5.53. The van der Waals surface area contributed by atoms with E-state index in [1.807, 2.05) is 25.1 Å². The Morgan fingerprint density at radius 3 is 2.56 bits per heavy atom. The normalized spacial score (nSPS) is 23.1. The Labute approximate surface area is 114 Å². The molecule has 0 saturated carbocycles. The average molecular weight is 311 g/mol. The molecule has 5 heteroatoms. The molecule has 1 aliphatic rings. The number of nitrogens with zero attached hydrogens (tertiary/aromatic N) is 1. The average Bonchev–Trinajstić information content (AvgIpc) is 2.71. The Balaban J connectivity index is 2.17. The van der Waals surface area contributed by atoms with Crippen molar-refractivity contribution in [3.63, 3.8) is 0 Å². The van der Waals surface area contributed by atoms with Crippen LogP contribution in [0.5, 0.6) is 0 Å². The van der Waals surface area contributed by atoms with Crippen LogP contribution in [0.25, 0.3) is 0 Å². The van der Waals surface area contributed by atoms with Gasteiger partial charge < -0.3 is 10.6 Å². The molecule has 2 amide bonds. The number of hydrogen-bond acceptors (Lipinski definition) is 2. The van der Waals surface area contributed by atoms with Crippen LogP contribution in [-0.4, -0.2) is 29.8 Å². The van der Waals surface area contributed by atoms with Crippen molar-refractivity contribution < 1.29 is 9.59 Å². The molecule has 1 aromatic carbocycles. The van der Waals surface area contributed by atoms with Crippen molar-refractivity contribution in [2.75, 3.05) is 13.1 Å². The summed E-state index contributed by atoms with van der Waals surface area (Å²) in [6.07, 6.45) is 0. The number of amides is 2. The highest BCUT2D eigenvalue weighted by atomic mass is 79.9. The second kappa shape index (κ2) is 5.10. The third-order valence-electron chi connectivity index (χ3n) is 3.37. The number of primary amides is 1. The third-order valence-corrected chi connectivity index (χ3v) is 4.06. The highest BCUT2D eigenvalue weighted by Gasteiger charge is 2.36. The minimum Gasteiger partial charge on any atom is -0.369 e. The number of halogens is 1. The molecule has 0 radical (unpaired) electrons. The molecular weight excluding hydrogens is 296 g/mol. The summed E-state index contributed by atoms with van der Waals surface area (Å²) in [5, 5.41) is 0. The Kier molecular flexibility index (Phi) is 3.71. The lowest BCUT2D eigenvalue weighted by Gasteiger charge is -2.16. The summed E-state index contributed by atoms with van der Waals surface area (Å²) in [5.74, 6) is -0.506. The highest BCUT2D eigenvalue weighted by Crippen LogP contribution is 2.26. The number of rotatable bonds is 2. The zero-order valence-electron chi connectivity index (χ0n) is 10.1. The maximum atomic E-state index is 12.3. The van der Waals surface area contributed by atoms with Crippen LogP contribution in [0.2, 0.25) is 0 Å². The number of carbonyl (C=O) groups is 2. The van der Waals surface area contributed by atoms with E-state index in [0.717, 1.165) is 4.47 Å². The number of carbonyl (C=O) groups excluding carboxylic acids is 2. The molecule has 4 nitrogen and oxygen atoms in total. The molecule has 1 saturated heterocycles. The van der Waals surface area contributed by atoms with E-state index in [-0.39, 0.29) is 23.7 Å². The van der Waals surface area contributed by atoms with E-state index >= 15 is 0 Å². The topological polar surface area (TPSA) is 63.4 Å². The maximum absolute atomic E-state index is 12.3. The molecule has 1 fully saturated rings. The van der Waals surface area contributed by atoms with Gasteiger partial charge in [0.05, 0.1) is 11.5 Å². The van der Waals surface area contributed by atoms with Gasteiger partial charge in [-0.15, -0.1) is 0 Å². The van der Waals surface area contributed by atoms with E-state index in [2.05, 4.69) is 15.9 Å². The first kappa shape index (κ1) is 13.1. The van der Waals surface area contributed by atoms with Gasteiger partial charge in [0.15, 0.2) is 0 Å². The van der Waals surface area contributed by atoms with Gasteiger partial charge in [0.1, 0.15) is 0 Å². The zero-order valence-corrected chi connectivity index (χ0v) is 11.7. The van der Waals surface area contributed by atoms with Gasteiger partial charge >= 0.3 is 0 Å². The van der Waals surface area contributed by atoms with Gasteiger partial charge in [0, 0.05) is 17.6 Å². The molecule has 18 heavy (non-hydrogen) atoms. The van der Waals surface area contributed by atoms with Crippen molar-refractivity contribution in [3.05, 3.63) is 34.3 Å².